The maximum Gasteiger partial charge on any atom is 0.333 e. The zero-order valence-corrected chi connectivity index (χ0v) is 13.7. The number of rotatable bonds is 6. The Morgan fingerprint density at radius 3 is 2.88 bits per heavy atom. The Balaban J connectivity index is 1.97. The topological polar surface area (TPSA) is 78.0 Å². The molecule has 1 aliphatic rings. The van der Waals surface area contributed by atoms with Gasteiger partial charge in [0.1, 0.15) is 23.8 Å². The molecule has 0 amide bonds. The van der Waals surface area contributed by atoms with Gasteiger partial charge >= 0.3 is 5.69 Å². The minimum Gasteiger partial charge on any atom is -0.490 e. The van der Waals surface area contributed by atoms with Gasteiger partial charge in [-0.05, 0) is 37.1 Å². The number of para-hydroxylation sites is 1. The molecule has 0 spiro atoms. The molecular formula is C17H20N2O5. The van der Waals surface area contributed by atoms with Gasteiger partial charge in [0.2, 0.25) is 0 Å². The van der Waals surface area contributed by atoms with Crippen LogP contribution in [0.4, 0.5) is 11.4 Å². The van der Waals surface area contributed by atoms with Crippen molar-refractivity contribution in [3.05, 3.63) is 52.0 Å². The first-order valence-corrected chi connectivity index (χ1v) is 7.81. The van der Waals surface area contributed by atoms with Gasteiger partial charge in [-0.15, -0.1) is 0 Å². The van der Waals surface area contributed by atoms with Crippen molar-refractivity contribution in [3.8, 4) is 5.75 Å². The summed E-state index contributed by atoms with van der Waals surface area (Å²) in [5.41, 5.74) is 0.558. The van der Waals surface area contributed by atoms with Crippen LogP contribution in [0.5, 0.6) is 5.75 Å². The third-order valence-corrected chi connectivity index (χ3v) is 4.24. The summed E-state index contributed by atoms with van der Waals surface area (Å²) in [6, 6.07) is 8.92. The lowest BCUT2D eigenvalue weighted by molar-refractivity contribution is -0.385. The first-order chi connectivity index (χ1) is 11.7. The van der Waals surface area contributed by atoms with Crippen molar-refractivity contribution in [2.75, 3.05) is 25.7 Å². The lowest BCUT2D eigenvalue weighted by Gasteiger charge is -2.25. The number of benzene rings is 1. The Bertz CT molecular complexity index is 728. The molecule has 0 radical (unpaired) electrons. The van der Waals surface area contributed by atoms with E-state index in [1.54, 1.807) is 25.3 Å². The Hall–Kier alpha value is -2.54. The maximum absolute atomic E-state index is 11.5. The van der Waals surface area contributed by atoms with Crippen molar-refractivity contribution >= 4 is 11.4 Å². The molecule has 0 saturated carbocycles. The van der Waals surface area contributed by atoms with E-state index in [-0.39, 0.29) is 22.4 Å². The molecule has 1 aromatic carbocycles. The van der Waals surface area contributed by atoms with Crippen LogP contribution in [0.2, 0.25) is 0 Å². The normalized spacial score (nSPS) is 17.2. The quantitative estimate of drug-likeness (QED) is 0.593. The van der Waals surface area contributed by atoms with Gasteiger partial charge in [0.15, 0.2) is 5.75 Å². The molecule has 3 rings (SSSR count). The monoisotopic (exact) mass is 332 g/mol. The molecule has 7 heteroatoms. The molecule has 1 aliphatic heterocycles. The highest BCUT2D eigenvalue weighted by molar-refractivity contribution is 5.70. The second kappa shape index (κ2) is 6.92. The summed E-state index contributed by atoms with van der Waals surface area (Å²) >= 11 is 0. The lowest BCUT2D eigenvalue weighted by Crippen LogP contribution is -2.23. The highest BCUT2D eigenvalue weighted by Crippen LogP contribution is 2.44. The number of nitro groups is 1. The zero-order chi connectivity index (χ0) is 17.1. The van der Waals surface area contributed by atoms with Crippen LogP contribution in [-0.4, -0.2) is 25.7 Å². The first kappa shape index (κ1) is 16.3. The van der Waals surface area contributed by atoms with Gasteiger partial charge in [-0.3, -0.25) is 10.1 Å². The van der Waals surface area contributed by atoms with Crippen LogP contribution in [0.1, 0.15) is 30.4 Å². The minimum atomic E-state index is -0.387. The van der Waals surface area contributed by atoms with E-state index in [9.17, 15) is 10.1 Å². The maximum atomic E-state index is 11.5. The fourth-order valence-corrected chi connectivity index (χ4v) is 3.24. The van der Waals surface area contributed by atoms with E-state index >= 15 is 0 Å². The van der Waals surface area contributed by atoms with Gasteiger partial charge in [0, 0.05) is 13.7 Å². The van der Waals surface area contributed by atoms with E-state index in [1.807, 2.05) is 17.0 Å². The average molecular weight is 332 g/mol. The van der Waals surface area contributed by atoms with Crippen LogP contribution in [0.25, 0.3) is 0 Å². The Labute approximate surface area is 139 Å². The van der Waals surface area contributed by atoms with Crippen LogP contribution in [-0.2, 0) is 11.3 Å². The SMILES string of the molecule is COCc1ccc(C2CCCN2c2cccc(OC)c2[N+](=O)[O-])o1. The number of nitro benzene ring substituents is 1. The number of hydrogen-bond acceptors (Lipinski definition) is 6. The second-order valence-corrected chi connectivity index (χ2v) is 5.67. The lowest BCUT2D eigenvalue weighted by atomic mass is 10.1. The Morgan fingerprint density at radius 2 is 2.17 bits per heavy atom. The van der Waals surface area contributed by atoms with Gasteiger partial charge in [0.05, 0.1) is 18.1 Å². The largest absolute Gasteiger partial charge is 0.490 e. The average Bonchev–Trinajstić information content (AvgIpc) is 3.23. The van der Waals surface area contributed by atoms with Crippen molar-refractivity contribution in [1.29, 1.82) is 0 Å². The van der Waals surface area contributed by atoms with Gasteiger partial charge in [-0.2, -0.15) is 0 Å². The number of ether oxygens (including phenoxy) is 2. The first-order valence-electron chi connectivity index (χ1n) is 7.81. The standard InChI is InChI=1S/C17H20N2O5/c1-22-11-12-8-9-15(24-12)13-6-4-10-18(13)14-5-3-7-16(23-2)17(14)19(20)21/h3,5,7-9,13H,4,6,10-11H2,1-2H3. The van der Waals surface area contributed by atoms with E-state index in [4.69, 9.17) is 13.9 Å². The summed E-state index contributed by atoms with van der Waals surface area (Å²) < 4.78 is 16.1. The van der Waals surface area contributed by atoms with Crippen molar-refractivity contribution in [2.45, 2.75) is 25.5 Å². The molecule has 128 valence electrons. The second-order valence-electron chi connectivity index (χ2n) is 5.67. The summed E-state index contributed by atoms with van der Waals surface area (Å²) in [6.07, 6.45) is 1.83. The third kappa shape index (κ3) is 2.94. The molecular weight excluding hydrogens is 312 g/mol. The van der Waals surface area contributed by atoms with Gasteiger partial charge in [-0.25, -0.2) is 0 Å². The van der Waals surface area contributed by atoms with E-state index in [0.717, 1.165) is 30.9 Å². The van der Waals surface area contributed by atoms with Crippen LogP contribution >= 0.6 is 0 Å². The van der Waals surface area contributed by atoms with E-state index in [2.05, 4.69) is 0 Å². The third-order valence-electron chi connectivity index (χ3n) is 4.24. The Kier molecular flexibility index (Phi) is 4.71. The molecule has 7 nitrogen and oxygen atoms in total. The molecule has 0 N–H and O–H groups in total. The molecule has 1 unspecified atom stereocenters. The summed E-state index contributed by atoms with van der Waals surface area (Å²) in [5, 5.41) is 11.5. The molecule has 0 aliphatic carbocycles. The van der Waals surface area contributed by atoms with Crippen LogP contribution in [0, 0.1) is 10.1 Å². The highest BCUT2D eigenvalue weighted by atomic mass is 16.6. The van der Waals surface area contributed by atoms with Crippen LogP contribution in [0.15, 0.2) is 34.7 Å². The number of hydrogen-bond donors (Lipinski definition) is 0. The van der Waals surface area contributed by atoms with Crippen molar-refractivity contribution in [3.63, 3.8) is 0 Å². The van der Waals surface area contributed by atoms with E-state index < -0.39 is 0 Å². The fourth-order valence-electron chi connectivity index (χ4n) is 3.24. The van der Waals surface area contributed by atoms with Gasteiger partial charge in [0.25, 0.3) is 0 Å². The number of anilines is 1. The molecule has 2 heterocycles. The molecule has 1 saturated heterocycles. The fraction of sp³-hybridized carbons (Fsp3) is 0.412. The minimum absolute atomic E-state index is 0.00410. The van der Waals surface area contributed by atoms with E-state index in [1.165, 1.54) is 7.11 Å². The molecule has 1 fully saturated rings. The van der Waals surface area contributed by atoms with Gasteiger partial charge in [-0.1, -0.05) is 6.07 Å². The van der Waals surface area contributed by atoms with Crippen molar-refractivity contribution < 1.29 is 18.8 Å². The van der Waals surface area contributed by atoms with E-state index in [0.29, 0.717) is 12.3 Å². The van der Waals surface area contributed by atoms with Crippen molar-refractivity contribution in [1.82, 2.24) is 0 Å². The molecule has 24 heavy (non-hydrogen) atoms. The van der Waals surface area contributed by atoms with Crippen molar-refractivity contribution in [2.24, 2.45) is 0 Å². The summed E-state index contributed by atoms with van der Waals surface area (Å²) in [6.45, 7) is 1.14. The molecule has 1 atom stereocenters. The predicted octanol–water partition coefficient (Wildman–Crippen LogP) is 3.68. The summed E-state index contributed by atoms with van der Waals surface area (Å²) in [5.74, 6) is 1.82. The number of methoxy groups -OCH3 is 2. The highest BCUT2D eigenvalue weighted by Gasteiger charge is 2.34. The van der Waals surface area contributed by atoms with Crippen LogP contribution in [0.3, 0.4) is 0 Å². The number of nitrogens with zero attached hydrogens (tertiary/aromatic N) is 2. The zero-order valence-electron chi connectivity index (χ0n) is 13.7. The summed E-state index contributed by atoms with van der Waals surface area (Å²) in [4.78, 5) is 13.2. The predicted molar refractivity (Wildman–Crippen MR) is 88.4 cm³/mol. The molecule has 1 aromatic heterocycles. The molecule has 0 bridgehead atoms. The summed E-state index contributed by atoms with van der Waals surface area (Å²) in [7, 11) is 3.06. The van der Waals surface area contributed by atoms with Crippen LogP contribution < -0.4 is 9.64 Å². The Morgan fingerprint density at radius 1 is 1.33 bits per heavy atom. The van der Waals surface area contributed by atoms with Gasteiger partial charge < -0.3 is 18.8 Å². The number of furan rings is 1. The molecule has 2 aromatic rings. The smallest absolute Gasteiger partial charge is 0.333 e.